The smallest absolute Gasteiger partial charge is 0.244 e. The van der Waals surface area contributed by atoms with Gasteiger partial charge in [0.1, 0.15) is 6.04 Å². The van der Waals surface area contributed by atoms with Crippen molar-refractivity contribution in [2.24, 2.45) is 0 Å². The van der Waals surface area contributed by atoms with Crippen LogP contribution in [-0.4, -0.2) is 59.5 Å². The second kappa shape index (κ2) is 6.68. The molecule has 2 rings (SSSR count). The van der Waals surface area contributed by atoms with Gasteiger partial charge in [0.2, 0.25) is 5.91 Å². The summed E-state index contributed by atoms with van der Waals surface area (Å²) in [5, 5.41) is 7.12. The molecule has 1 aliphatic rings. The van der Waals surface area contributed by atoms with Crippen LogP contribution in [-0.2, 0) is 9.53 Å². The lowest BCUT2D eigenvalue weighted by Gasteiger charge is -2.29. The molecule has 2 atom stereocenters. The molecule has 1 amide bonds. The molecule has 6 heteroatoms. The Balaban J connectivity index is 1.77. The summed E-state index contributed by atoms with van der Waals surface area (Å²) >= 11 is 0. The molecule has 0 radical (unpaired) electrons. The van der Waals surface area contributed by atoms with Crippen molar-refractivity contribution in [3.05, 3.63) is 18.5 Å². The largest absolute Gasteiger partial charge is 0.379 e. The van der Waals surface area contributed by atoms with Crippen molar-refractivity contribution >= 4 is 5.91 Å². The van der Waals surface area contributed by atoms with Crippen LogP contribution >= 0.6 is 0 Å². The van der Waals surface area contributed by atoms with Crippen molar-refractivity contribution in [1.82, 2.24) is 20.0 Å². The maximum absolute atomic E-state index is 12.1. The first-order valence-electron chi connectivity index (χ1n) is 6.76. The highest BCUT2D eigenvalue weighted by molar-refractivity contribution is 5.80. The third-order valence-corrected chi connectivity index (χ3v) is 3.33. The molecule has 1 aliphatic heterocycles. The third kappa shape index (κ3) is 4.04. The predicted molar refractivity (Wildman–Crippen MR) is 71.8 cm³/mol. The lowest BCUT2D eigenvalue weighted by molar-refractivity contribution is -0.124. The van der Waals surface area contributed by atoms with Crippen LogP contribution in [0.25, 0.3) is 0 Å². The summed E-state index contributed by atoms with van der Waals surface area (Å²) in [6.07, 6.45) is 3.48. The monoisotopic (exact) mass is 266 g/mol. The van der Waals surface area contributed by atoms with Gasteiger partial charge in [-0.25, -0.2) is 0 Å². The molecule has 19 heavy (non-hydrogen) atoms. The molecule has 0 aromatic carbocycles. The molecule has 0 saturated carbocycles. The molecule has 1 fully saturated rings. The molecule has 1 saturated heterocycles. The molecule has 1 N–H and O–H groups in total. The van der Waals surface area contributed by atoms with E-state index in [0.29, 0.717) is 0 Å². The second-order valence-electron chi connectivity index (χ2n) is 4.98. The summed E-state index contributed by atoms with van der Waals surface area (Å²) in [6.45, 7) is 8.19. The number of nitrogens with zero attached hydrogens (tertiary/aromatic N) is 3. The van der Waals surface area contributed by atoms with E-state index < -0.39 is 0 Å². The molecule has 2 heterocycles. The average Bonchev–Trinajstić information content (AvgIpc) is 2.92. The molecule has 0 aliphatic carbocycles. The Bertz CT molecular complexity index is 387. The Kier molecular flexibility index (Phi) is 4.93. The van der Waals surface area contributed by atoms with Gasteiger partial charge >= 0.3 is 0 Å². The zero-order valence-electron chi connectivity index (χ0n) is 11.6. The molecule has 0 unspecified atom stereocenters. The Labute approximate surface area is 113 Å². The van der Waals surface area contributed by atoms with Crippen molar-refractivity contribution in [2.45, 2.75) is 25.9 Å². The average molecular weight is 266 g/mol. The fourth-order valence-corrected chi connectivity index (χ4v) is 2.21. The van der Waals surface area contributed by atoms with Crippen molar-refractivity contribution in [1.29, 1.82) is 0 Å². The van der Waals surface area contributed by atoms with Crippen LogP contribution in [0.2, 0.25) is 0 Å². The fraction of sp³-hybridized carbons (Fsp3) is 0.692. The molecule has 6 nitrogen and oxygen atoms in total. The van der Waals surface area contributed by atoms with E-state index in [9.17, 15) is 4.79 Å². The summed E-state index contributed by atoms with van der Waals surface area (Å²) in [7, 11) is 0. The first kappa shape index (κ1) is 14.0. The number of carbonyl (C=O) groups is 1. The summed E-state index contributed by atoms with van der Waals surface area (Å²) in [4.78, 5) is 14.4. The highest BCUT2D eigenvalue weighted by Gasteiger charge is 2.19. The van der Waals surface area contributed by atoms with Gasteiger partial charge in [-0.3, -0.25) is 14.4 Å². The van der Waals surface area contributed by atoms with Crippen molar-refractivity contribution in [3.8, 4) is 0 Å². The van der Waals surface area contributed by atoms with E-state index in [-0.39, 0.29) is 18.0 Å². The van der Waals surface area contributed by atoms with E-state index in [0.717, 1.165) is 32.8 Å². The first-order chi connectivity index (χ1) is 9.16. The molecule has 106 valence electrons. The number of carbonyl (C=O) groups excluding carboxylic acids is 1. The topological polar surface area (TPSA) is 59.4 Å². The van der Waals surface area contributed by atoms with Gasteiger partial charge in [-0.15, -0.1) is 0 Å². The zero-order valence-corrected chi connectivity index (χ0v) is 11.6. The lowest BCUT2D eigenvalue weighted by atomic mass is 10.2. The van der Waals surface area contributed by atoms with Gasteiger partial charge < -0.3 is 10.1 Å². The Morgan fingerprint density at radius 1 is 1.42 bits per heavy atom. The van der Waals surface area contributed by atoms with Crippen LogP contribution in [0, 0.1) is 0 Å². The molecule has 0 spiro atoms. The maximum Gasteiger partial charge on any atom is 0.244 e. The SMILES string of the molecule is C[C@@H](CN1CCOCC1)NC(=O)[C@H](C)n1cccn1. The highest BCUT2D eigenvalue weighted by atomic mass is 16.5. The Morgan fingerprint density at radius 2 is 2.16 bits per heavy atom. The fourth-order valence-electron chi connectivity index (χ4n) is 2.21. The molecule has 0 bridgehead atoms. The highest BCUT2D eigenvalue weighted by Crippen LogP contribution is 2.04. The van der Waals surface area contributed by atoms with Gasteiger partial charge in [0.25, 0.3) is 0 Å². The van der Waals surface area contributed by atoms with E-state index >= 15 is 0 Å². The van der Waals surface area contributed by atoms with Crippen LogP contribution in [0.3, 0.4) is 0 Å². The molecule has 1 aromatic rings. The van der Waals surface area contributed by atoms with Crippen LogP contribution in [0.5, 0.6) is 0 Å². The maximum atomic E-state index is 12.1. The zero-order chi connectivity index (χ0) is 13.7. The lowest BCUT2D eigenvalue weighted by Crippen LogP contribution is -2.47. The van der Waals surface area contributed by atoms with E-state index in [1.807, 2.05) is 19.9 Å². The third-order valence-electron chi connectivity index (χ3n) is 3.33. The second-order valence-corrected chi connectivity index (χ2v) is 4.98. The molecular formula is C13H22N4O2. The van der Waals surface area contributed by atoms with E-state index in [2.05, 4.69) is 15.3 Å². The van der Waals surface area contributed by atoms with E-state index in [1.165, 1.54) is 0 Å². The molecular weight excluding hydrogens is 244 g/mol. The Morgan fingerprint density at radius 3 is 2.79 bits per heavy atom. The van der Waals surface area contributed by atoms with E-state index in [4.69, 9.17) is 4.74 Å². The number of morpholine rings is 1. The number of hydrogen-bond donors (Lipinski definition) is 1. The van der Waals surface area contributed by atoms with Gasteiger partial charge in [0, 0.05) is 38.1 Å². The van der Waals surface area contributed by atoms with Crippen molar-refractivity contribution in [2.75, 3.05) is 32.8 Å². The van der Waals surface area contributed by atoms with Gasteiger partial charge in [-0.2, -0.15) is 5.10 Å². The van der Waals surface area contributed by atoms with Crippen LogP contribution in [0.4, 0.5) is 0 Å². The number of nitrogens with one attached hydrogen (secondary N) is 1. The first-order valence-corrected chi connectivity index (χ1v) is 6.76. The Hall–Kier alpha value is -1.40. The summed E-state index contributed by atoms with van der Waals surface area (Å²) in [5.74, 6) is 0.00413. The number of rotatable bonds is 5. The van der Waals surface area contributed by atoms with Crippen LogP contribution in [0.15, 0.2) is 18.5 Å². The van der Waals surface area contributed by atoms with Crippen molar-refractivity contribution in [3.63, 3.8) is 0 Å². The number of amides is 1. The minimum absolute atomic E-state index is 0.00413. The number of hydrogen-bond acceptors (Lipinski definition) is 4. The molecule has 1 aromatic heterocycles. The minimum atomic E-state index is -0.276. The summed E-state index contributed by atoms with van der Waals surface area (Å²) < 4.78 is 6.97. The van der Waals surface area contributed by atoms with Crippen LogP contribution < -0.4 is 5.32 Å². The van der Waals surface area contributed by atoms with Gasteiger partial charge in [-0.05, 0) is 19.9 Å². The number of aromatic nitrogens is 2. The quantitative estimate of drug-likeness (QED) is 0.831. The normalized spacial score (nSPS) is 19.9. The van der Waals surface area contributed by atoms with Crippen LogP contribution in [0.1, 0.15) is 19.9 Å². The summed E-state index contributed by atoms with van der Waals surface area (Å²) in [5.41, 5.74) is 0. The van der Waals surface area contributed by atoms with Gasteiger partial charge in [0.05, 0.1) is 13.2 Å². The minimum Gasteiger partial charge on any atom is -0.379 e. The standard InChI is InChI=1S/C13H22N4O2/c1-11(10-16-6-8-19-9-7-16)15-13(18)12(2)17-5-3-4-14-17/h3-5,11-12H,6-10H2,1-2H3,(H,15,18)/t11-,12-/m0/s1. The number of ether oxygens (including phenoxy) is 1. The van der Waals surface area contributed by atoms with Gasteiger partial charge in [-0.1, -0.05) is 0 Å². The van der Waals surface area contributed by atoms with E-state index in [1.54, 1.807) is 17.1 Å². The van der Waals surface area contributed by atoms with Crippen molar-refractivity contribution < 1.29 is 9.53 Å². The predicted octanol–water partition coefficient (Wildman–Crippen LogP) is 0.281. The summed E-state index contributed by atoms with van der Waals surface area (Å²) in [6, 6.07) is 1.67. The van der Waals surface area contributed by atoms with Gasteiger partial charge in [0.15, 0.2) is 0 Å².